The second kappa shape index (κ2) is 6.82. The Kier molecular flexibility index (Phi) is 4.85. The summed E-state index contributed by atoms with van der Waals surface area (Å²) in [6, 6.07) is 18.1. The molecule has 0 unspecified atom stereocenters. The molecule has 0 aromatic heterocycles. The number of hydrogen-bond donors (Lipinski definition) is 2. The van der Waals surface area contributed by atoms with E-state index in [-0.39, 0.29) is 0 Å². The smallest absolute Gasteiger partial charge is 0.326 e. The molecule has 1 atom stereocenters. The number of thiocarbonyl (C=S) groups is 1. The number of nitrogens with one attached hydrogen (secondary N) is 1. The minimum Gasteiger partial charge on any atom is -0.480 e. The summed E-state index contributed by atoms with van der Waals surface area (Å²) in [6.07, 6.45) is 0.392. The minimum atomic E-state index is -0.910. The third kappa shape index (κ3) is 3.90. The van der Waals surface area contributed by atoms with E-state index in [0.29, 0.717) is 11.4 Å². The molecule has 4 heteroatoms. The monoisotopic (exact) mass is 285 g/mol. The largest absolute Gasteiger partial charge is 0.480 e. The lowest BCUT2D eigenvalue weighted by Crippen LogP contribution is -2.41. The van der Waals surface area contributed by atoms with Gasteiger partial charge in [-0.25, -0.2) is 4.79 Å². The highest BCUT2D eigenvalue weighted by Gasteiger charge is 2.19. The van der Waals surface area contributed by atoms with Gasteiger partial charge in [0.1, 0.15) is 11.0 Å². The van der Waals surface area contributed by atoms with E-state index < -0.39 is 12.0 Å². The first-order valence-corrected chi connectivity index (χ1v) is 6.70. The van der Waals surface area contributed by atoms with Crippen molar-refractivity contribution in [2.75, 3.05) is 0 Å². The van der Waals surface area contributed by atoms with E-state index in [9.17, 15) is 9.90 Å². The van der Waals surface area contributed by atoms with E-state index in [1.807, 2.05) is 60.7 Å². The maximum Gasteiger partial charge on any atom is 0.326 e. The van der Waals surface area contributed by atoms with Crippen LogP contribution in [-0.4, -0.2) is 22.1 Å². The summed E-state index contributed by atoms with van der Waals surface area (Å²) in [5.41, 5.74) is 1.78. The molecule has 0 bridgehead atoms. The van der Waals surface area contributed by atoms with Crippen LogP contribution in [0.4, 0.5) is 0 Å². The van der Waals surface area contributed by atoms with Crippen molar-refractivity contribution in [3.63, 3.8) is 0 Å². The lowest BCUT2D eigenvalue weighted by Gasteiger charge is -2.16. The van der Waals surface area contributed by atoms with Gasteiger partial charge in [0.2, 0.25) is 0 Å². The second-order valence-electron chi connectivity index (χ2n) is 4.42. The first kappa shape index (κ1) is 14.2. The molecule has 3 nitrogen and oxygen atoms in total. The molecule has 0 radical (unpaired) electrons. The third-order valence-corrected chi connectivity index (χ3v) is 3.28. The Balaban J connectivity index is 2.07. The average molecular weight is 285 g/mol. The van der Waals surface area contributed by atoms with Crippen LogP contribution in [0.15, 0.2) is 60.7 Å². The van der Waals surface area contributed by atoms with Crippen molar-refractivity contribution in [1.29, 1.82) is 0 Å². The SMILES string of the molecule is O=C(O)[C@H](Cc1ccccc1)NC(=S)c1ccccc1. The van der Waals surface area contributed by atoms with E-state index in [1.54, 1.807) is 0 Å². The highest BCUT2D eigenvalue weighted by Crippen LogP contribution is 2.06. The molecule has 20 heavy (non-hydrogen) atoms. The van der Waals surface area contributed by atoms with Crippen molar-refractivity contribution in [3.8, 4) is 0 Å². The van der Waals surface area contributed by atoms with Gasteiger partial charge in [0, 0.05) is 12.0 Å². The van der Waals surface area contributed by atoms with E-state index in [1.165, 1.54) is 0 Å². The van der Waals surface area contributed by atoms with Crippen molar-refractivity contribution in [3.05, 3.63) is 71.8 Å². The van der Waals surface area contributed by atoms with Crippen molar-refractivity contribution < 1.29 is 9.90 Å². The molecule has 102 valence electrons. The molecule has 2 aromatic rings. The Hall–Kier alpha value is -2.20. The molecule has 0 aliphatic carbocycles. The van der Waals surface area contributed by atoms with Gasteiger partial charge in [-0.1, -0.05) is 72.9 Å². The Bertz CT molecular complexity index is 584. The van der Waals surface area contributed by atoms with Crippen molar-refractivity contribution in [2.45, 2.75) is 12.5 Å². The number of rotatable bonds is 5. The topological polar surface area (TPSA) is 49.3 Å². The molecular formula is C16H15NO2S. The van der Waals surface area contributed by atoms with E-state index in [0.717, 1.165) is 11.1 Å². The zero-order valence-electron chi connectivity index (χ0n) is 10.8. The van der Waals surface area contributed by atoms with Crippen LogP contribution in [-0.2, 0) is 11.2 Å². The molecule has 2 N–H and O–H groups in total. The van der Waals surface area contributed by atoms with Gasteiger partial charge in [0.25, 0.3) is 0 Å². The molecule has 0 aliphatic heterocycles. The summed E-state index contributed by atoms with van der Waals surface area (Å²) >= 11 is 5.26. The first-order valence-electron chi connectivity index (χ1n) is 6.29. The standard InChI is InChI=1S/C16H15NO2S/c18-16(19)14(11-12-7-3-1-4-8-12)17-15(20)13-9-5-2-6-10-13/h1-10,14H,11H2,(H,17,20)(H,18,19)/t14-/m0/s1. The summed E-state index contributed by atoms with van der Waals surface area (Å²) in [5.74, 6) is -0.910. The summed E-state index contributed by atoms with van der Waals surface area (Å²) in [4.78, 5) is 11.8. The van der Waals surface area contributed by atoms with Crippen LogP contribution in [0.3, 0.4) is 0 Å². The normalized spacial score (nSPS) is 11.6. The van der Waals surface area contributed by atoms with Gasteiger partial charge in [0.15, 0.2) is 0 Å². The number of carbonyl (C=O) groups is 1. The van der Waals surface area contributed by atoms with Gasteiger partial charge in [-0.2, -0.15) is 0 Å². The average Bonchev–Trinajstić information content (AvgIpc) is 2.48. The van der Waals surface area contributed by atoms with Crippen molar-refractivity contribution >= 4 is 23.2 Å². The molecule has 0 fully saturated rings. The zero-order valence-corrected chi connectivity index (χ0v) is 11.6. The Labute approximate surface area is 123 Å². The molecule has 2 rings (SSSR count). The van der Waals surface area contributed by atoms with E-state index in [4.69, 9.17) is 12.2 Å². The van der Waals surface area contributed by atoms with Crippen molar-refractivity contribution in [2.24, 2.45) is 0 Å². The first-order chi connectivity index (χ1) is 9.66. The highest BCUT2D eigenvalue weighted by molar-refractivity contribution is 7.80. The van der Waals surface area contributed by atoms with Crippen LogP contribution in [0.25, 0.3) is 0 Å². The lowest BCUT2D eigenvalue weighted by atomic mass is 10.1. The highest BCUT2D eigenvalue weighted by atomic mass is 32.1. The molecule has 0 amide bonds. The molecule has 2 aromatic carbocycles. The Morgan fingerprint density at radius 2 is 1.60 bits per heavy atom. The number of benzene rings is 2. The molecular weight excluding hydrogens is 270 g/mol. The van der Waals surface area contributed by atoms with E-state index in [2.05, 4.69) is 5.32 Å². The van der Waals surface area contributed by atoms with Crippen LogP contribution in [0.2, 0.25) is 0 Å². The van der Waals surface area contributed by atoms with Gasteiger partial charge < -0.3 is 10.4 Å². The van der Waals surface area contributed by atoms with Crippen LogP contribution in [0, 0.1) is 0 Å². The fourth-order valence-electron chi connectivity index (χ4n) is 1.88. The van der Waals surface area contributed by atoms with Crippen LogP contribution >= 0.6 is 12.2 Å². The number of carboxylic acid groups (broad SMARTS) is 1. The number of hydrogen-bond acceptors (Lipinski definition) is 2. The predicted molar refractivity (Wildman–Crippen MR) is 82.8 cm³/mol. The lowest BCUT2D eigenvalue weighted by molar-refractivity contribution is -0.139. The number of aliphatic carboxylic acids is 1. The molecule has 0 saturated carbocycles. The fourth-order valence-corrected chi connectivity index (χ4v) is 2.16. The van der Waals surface area contributed by atoms with Crippen LogP contribution in [0.1, 0.15) is 11.1 Å². The summed E-state index contributed by atoms with van der Waals surface area (Å²) in [5, 5.41) is 12.2. The van der Waals surface area contributed by atoms with Gasteiger partial charge in [0.05, 0.1) is 0 Å². The van der Waals surface area contributed by atoms with Gasteiger partial charge >= 0.3 is 5.97 Å². The molecule has 0 saturated heterocycles. The Morgan fingerprint density at radius 1 is 1.05 bits per heavy atom. The minimum absolute atomic E-state index is 0.392. The maximum absolute atomic E-state index is 11.3. The molecule has 0 spiro atoms. The van der Waals surface area contributed by atoms with Gasteiger partial charge in [-0.15, -0.1) is 0 Å². The quantitative estimate of drug-likeness (QED) is 0.829. The second-order valence-corrected chi connectivity index (χ2v) is 4.83. The summed E-state index contributed by atoms with van der Waals surface area (Å²) in [6.45, 7) is 0. The third-order valence-electron chi connectivity index (χ3n) is 2.92. The van der Waals surface area contributed by atoms with Gasteiger partial charge in [-0.05, 0) is 5.56 Å². The number of carboxylic acids is 1. The molecule has 0 aliphatic rings. The Morgan fingerprint density at radius 3 is 2.15 bits per heavy atom. The van der Waals surface area contributed by atoms with Crippen LogP contribution < -0.4 is 5.32 Å². The predicted octanol–water partition coefficient (Wildman–Crippen LogP) is 2.65. The molecule has 0 heterocycles. The summed E-state index contributed by atoms with van der Waals surface area (Å²) < 4.78 is 0. The van der Waals surface area contributed by atoms with Gasteiger partial charge in [-0.3, -0.25) is 0 Å². The van der Waals surface area contributed by atoms with Crippen LogP contribution in [0.5, 0.6) is 0 Å². The van der Waals surface area contributed by atoms with Crippen molar-refractivity contribution in [1.82, 2.24) is 5.32 Å². The summed E-state index contributed by atoms with van der Waals surface area (Å²) in [7, 11) is 0. The maximum atomic E-state index is 11.3. The fraction of sp³-hybridized carbons (Fsp3) is 0.125. The zero-order chi connectivity index (χ0) is 14.4. The van der Waals surface area contributed by atoms with E-state index >= 15 is 0 Å².